The van der Waals surface area contributed by atoms with Gasteiger partial charge in [-0.05, 0) is 83.5 Å². The molecule has 0 fully saturated rings. The van der Waals surface area contributed by atoms with Crippen molar-refractivity contribution in [3.8, 4) is 22.6 Å². The van der Waals surface area contributed by atoms with E-state index in [1.54, 1.807) is 0 Å². The minimum Gasteiger partial charge on any atom is -0.490 e. The van der Waals surface area contributed by atoms with Gasteiger partial charge in [0.15, 0.2) is 5.75 Å². The molecule has 0 saturated carbocycles. The standard InChI is InChI=1S/C34H36Cl2N2O3/c1-22-16-32(35)34(33(36)17-22)41-15-14-40-29-11-8-25(9-12-29)19-28(20-37)30-13-10-26(18-23(30)2)31-7-5-4-6-27(31)21-38-24(3)39/h4-13,16-18,28H,14-15,19-21,37H2,1-3H3,(H,38,39)/p+1. The monoisotopic (exact) mass is 591 g/mol. The average molecular weight is 593 g/mol. The molecule has 4 N–H and O–H groups in total. The van der Waals surface area contributed by atoms with Gasteiger partial charge in [-0.1, -0.05) is 77.8 Å². The number of nitrogens with one attached hydrogen (secondary N) is 1. The number of aryl methyl sites for hydroxylation is 2. The maximum absolute atomic E-state index is 11.4. The van der Waals surface area contributed by atoms with E-state index in [2.05, 4.69) is 60.4 Å². The van der Waals surface area contributed by atoms with E-state index in [9.17, 15) is 4.79 Å². The fourth-order valence-corrected chi connectivity index (χ4v) is 5.68. The third kappa shape index (κ3) is 8.26. The quantitative estimate of drug-likeness (QED) is 0.175. The molecule has 0 bridgehead atoms. The number of halogens is 2. The van der Waals surface area contributed by atoms with Gasteiger partial charge in [0.2, 0.25) is 5.91 Å². The SMILES string of the molecule is CC(=O)NCc1ccccc1-c1ccc(C(C[NH3+])Cc2ccc(OCCOc3c(Cl)cc(C)cc3Cl)cc2)c(C)c1. The fourth-order valence-electron chi connectivity index (χ4n) is 4.98. The average Bonchev–Trinajstić information content (AvgIpc) is 2.95. The molecule has 0 aliphatic heterocycles. The van der Waals surface area contributed by atoms with Crippen molar-refractivity contribution in [2.45, 2.75) is 39.7 Å². The van der Waals surface area contributed by atoms with Crippen LogP contribution in [0.5, 0.6) is 11.5 Å². The number of carbonyl (C=O) groups is 1. The predicted molar refractivity (Wildman–Crippen MR) is 167 cm³/mol. The molecule has 0 saturated heterocycles. The molecule has 0 radical (unpaired) electrons. The molecule has 0 spiro atoms. The van der Waals surface area contributed by atoms with Crippen molar-refractivity contribution in [3.63, 3.8) is 0 Å². The van der Waals surface area contributed by atoms with Crippen molar-refractivity contribution in [2.75, 3.05) is 19.8 Å². The molecule has 0 heterocycles. The third-order valence-electron chi connectivity index (χ3n) is 7.06. The largest absolute Gasteiger partial charge is 0.490 e. The summed E-state index contributed by atoms with van der Waals surface area (Å²) in [4.78, 5) is 11.4. The molecule has 4 aromatic rings. The molecular formula is C34H37Cl2N2O3+. The van der Waals surface area contributed by atoms with Gasteiger partial charge in [-0.2, -0.15) is 0 Å². The summed E-state index contributed by atoms with van der Waals surface area (Å²) in [5, 5.41) is 3.90. The van der Waals surface area contributed by atoms with E-state index in [0.29, 0.717) is 41.5 Å². The van der Waals surface area contributed by atoms with Crippen molar-refractivity contribution >= 4 is 29.1 Å². The van der Waals surface area contributed by atoms with Crippen LogP contribution in [0.2, 0.25) is 10.0 Å². The number of ether oxygens (including phenoxy) is 2. The van der Waals surface area contributed by atoms with E-state index < -0.39 is 0 Å². The lowest BCUT2D eigenvalue weighted by molar-refractivity contribution is -0.372. The molecule has 1 unspecified atom stereocenters. The smallest absolute Gasteiger partial charge is 0.217 e. The number of quaternary nitrogens is 1. The summed E-state index contributed by atoms with van der Waals surface area (Å²) in [6.45, 7) is 7.64. The van der Waals surface area contributed by atoms with Crippen molar-refractivity contribution in [3.05, 3.63) is 117 Å². The van der Waals surface area contributed by atoms with Crippen LogP contribution < -0.4 is 20.5 Å². The summed E-state index contributed by atoms with van der Waals surface area (Å²) in [5.41, 5.74) is 12.4. The van der Waals surface area contributed by atoms with Crippen LogP contribution in [0, 0.1) is 13.8 Å². The van der Waals surface area contributed by atoms with Crippen LogP contribution in [-0.2, 0) is 17.8 Å². The highest BCUT2D eigenvalue weighted by Gasteiger charge is 2.17. The molecule has 5 nitrogen and oxygen atoms in total. The van der Waals surface area contributed by atoms with E-state index in [1.807, 2.05) is 43.3 Å². The van der Waals surface area contributed by atoms with Gasteiger partial charge in [0.05, 0.1) is 16.6 Å². The van der Waals surface area contributed by atoms with Gasteiger partial charge in [0.25, 0.3) is 0 Å². The minimum atomic E-state index is -0.0351. The Kier molecular flexibility index (Phi) is 10.7. The van der Waals surface area contributed by atoms with Crippen molar-refractivity contribution < 1.29 is 20.0 Å². The topological polar surface area (TPSA) is 75.2 Å². The van der Waals surface area contributed by atoms with Crippen LogP contribution in [-0.4, -0.2) is 25.7 Å². The number of rotatable bonds is 12. The molecule has 0 aliphatic rings. The number of hydrogen-bond donors (Lipinski definition) is 2. The first-order valence-corrected chi connectivity index (χ1v) is 14.5. The number of amides is 1. The van der Waals surface area contributed by atoms with E-state index in [4.69, 9.17) is 32.7 Å². The highest BCUT2D eigenvalue weighted by Crippen LogP contribution is 2.34. The predicted octanol–water partition coefficient (Wildman–Crippen LogP) is 6.94. The Hall–Kier alpha value is -3.51. The summed E-state index contributed by atoms with van der Waals surface area (Å²) in [5.74, 6) is 1.52. The Labute approximate surface area is 252 Å². The lowest BCUT2D eigenvalue weighted by atomic mass is 9.87. The summed E-state index contributed by atoms with van der Waals surface area (Å²) in [6.07, 6.45) is 0.886. The van der Waals surface area contributed by atoms with Crippen molar-refractivity contribution in [2.24, 2.45) is 0 Å². The van der Waals surface area contributed by atoms with Gasteiger partial charge < -0.3 is 20.5 Å². The Morgan fingerprint density at radius 2 is 1.59 bits per heavy atom. The van der Waals surface area contributed by atoms with Crippen molar-refractivity contribution in [1.29, 1.82) is 0 Å². The third-order valence-corrected chi connectivity index (χ3v) is 7.62. The first kappa shape index (κ1) is 30.4. The van der Waals surface area contributed by atoms with Gasteiger partial charge in [0.1, 0.15) is 19.0 Å². The van der Waals surface area contributed by atoms with Crippen LogP contribution in [0.4, 0.5) is 0 Å². The summed E-state index contributed by atoms with van der Waals surface area (Å²) >= 11 is 12.5. The molecule has 0 aromatic heterocycles. The summed E-state index contributed by atoms with van der Waals surface area (Å²) in [7, 11) is 0. The molecule has 0 aliphatic carbocycles. The van der Waals surface area contributed by atoms with E-state index >= 15 is 0 Å². The number of carbonyl (C=O) groups excluding carboxylic acids is 1. The normalized spacial score (nSPS) is 11.7. The van der Waals surface area contributed by atoms with E-state index in [0.717, 1.165) is 41.0 Å². The lowest BCUT2D eigenvalue weighted by Crippen LogP contribution is -2.53. The molecule has 4 aromatic carbocycles. The zero-order valence-electron chi connectivity index (χ0n) is 23.8. The van der Waals surface area contributed by atoms with Gasteiger partial charge in [-0.3, -0.25) is 4.79 Å². The van der Waals surface area contributed by atoms with Gasteiger partial charge >= 0.3 is 0 Å². The Morgan fingerprint density at radius 1 is 0.902 bits per heavy atom. The first-order chi connectivity index (χ1) is 19.7. The van der Waals surface area contributed by atoms with Gasteiger partial charge in [-0.25, -0.2) is 0 Å². The minimum absolute atomic E-state index is 0.0351. The molecule has 1 amide bonds. The van der Waals surface area contributed by atoms with Crippen LogP contribution in [0.15, 0.2) is 78.9 Å². The zero-order chi connectivity index (χ0) is 29.4. The summed E-state index contributed by atoms with van der Waals surface area (Å²) in [6, 6.07) is 26.7. The Bertz CT molecular complexity index is 1470. The van der Waals surface area contributed by atoms with Crippen LogP contribution in [0.3, 0.4) is 0 Å². The van der Waals surface area contributed by atoms with Crippen molar-refractivity contribution in [1.82, 2.24) is 5.32 Å². The van der Waals surface area contributed by atoms with E-state index in [1.165, 1.54) is 23.6 Å². The second kappa shape index (κ2) is 14.4. The van der Waals surface area contributed by atoms with Gasteiger partial charge in [-0.15, -0.1) is 0 Å². The Balaban J connectivity index is 1.36. The van der Waals surface area contributed by atoms with E-state index in [-0.39, 0.29) is 5.91 Å². The molecule has 1 atom stereocenters. The second-order valence-corrected chi connectivity index (χ2v) is 11.0. The fraction of sp³-hybridized carbons (Fsp3) is 0.265. The maximum atomic E-state index is 11.4. The highest BCUT2D eigenvalue weighted by molar-refractivity contribution is 6.37. The Morgan fingerprint density at radius 3 is 2.24 bits per heavy atom. The highest BCUT2D eigenvalue weighted by atomic mass is 35.5. The van der Waals surface area contributed by atoms with Crippen LogP contribution in [0.25, 0.3) is 11.1 Å². The lowest BCUT2D eigenvalue weighted by Gasteiger charge is -2.18. The first-order valence-electron chi connectivity index (χ1n) is 13.8. The molecule has 4 rings (SSSR count). The maximum Gasteiger partial charge on any atom is 0.217 e. The second-order valence-electron chi connectivity index (χ2n) is 10.2. The number of benzene rings is 4. The van der Waals surface area contributed by atoms with Crippen LogP contribution >= 0.6 is 23.2 Å². The molecular weight excluding hydrogens is 555 g/mol. The van der Waals surface area contributed by atoms with Crippen LogP contribution in [0.1, 0.15) is 40.7 Å². The molecule has 7 heteroatoms. The zero-order valence-corrected chi connectivity index (χ0v) is 25.3. The molecule has 214 valence electrons. The number of hydrogen-bond acceptors (Lipinski definition) is 3. The summed E-state index contributed by atoms with van der Waals surface area (Å²) < 4.78 is 11.6. The molecule has 41 heavy (non-hydrogen) atoms. The van der Waals surface area contributed by atoms with Gasteiger partial charge in [0, 0.05) is 19.4 Å².